The smallest absolute Gasteiger partial charge is 0.303 e. The van der Waals surface area contributed by atoms with Gasteiger partial charge in [-0.2, -0.15) is 0 Å². The van der Waals surface area contributed by atoms with Gasteiger partial charge in [-0.15, -0.1) is 0 Å². The Morgan fingerprint density at radius 3 is 2.00 bits per heavy atom. The number of aromatic amines is 2. The molecule has 1 amide bonds. The van der Waals surface area contributed by atoms with Crippen molar-refractivity contribution < 1.29 is 14.7 Å². The molecule has 3 rings (SSSR count). The fourth-order valence-corrected chi connectivity index (χ4v) is 3.14. The fourth-order valence-electron chi connectivity index (χ4n) is 3.14. The van der Waals surface area contributed by atoms with Crippen LogP contribution in [-0.2, 0) is 16.1 Å². The topological polar surface area (TPSA) is 132 Å². The van der Waals surface area contributed by atoms with E-state index in [0.29, 0.717) is 12.1 Å². The van der Waals surface area contributed by atoms with Crippen LogP contribution in [0.5, 0.6) is 0 Å². The van der Waals surface area contributed by atoms with Gasteiger partial charge >= 0.3 is 5.97 Å². The molecule has 1 aromatic heterocycles. The van der Waals surface area contributed by atoms with E-state index in [2.05, 4.69) is 15.3 Å². The molecule has 1 heterocycles. The zero-order valence-electron chi connectivity index (χ0n) is 18.1. The minimum atomic E-state index is -0.925. The molecule has 0 spiro atoms. The third-order valence-electron chi connectivity index (χ3n) is 5.09. The van der Waals surface area contributed by atoms with Gasteiger partial charge in [-0.3, -0.25) is 19.2 Å². The van der Waals surface area contributed by atoms with Crippen LogP contribution in [0.1, 0.15) is 36.5 Å². The molecule has 33 heavy (non-hydrogen) atoms. The summed E-state index contributed by atoms with van der Waals surface area (Å²) in [5, 5.41) is 11.8. The standard InChI is InChI=1S/C25H25N3O5/c1-16(7-12-22(29)30)23(31)26-15-19-10-8-18(9-11-19)14-21-25(33)27-20(24(32)28-21)13-17-5-3-2-4-6-17/h2-6,8-11,13-14,16H,7,12,15H2,1H3,(H,26,31)(H,27,33)(H,28,32)(H,29,30). The summed E-state index contributed by atoms with van der Waals surface area (Å²) in [4.78, 5) is 52.7. The van der Waals surface area contributed by atoms with Crippen molar-refractivity contribution in [3.8, 4) is 0 Å². The molecule has 0 aliphatic carbocycles. The van der Waals surface area contributed by atoms with Gasteiger partial charge in [0.1, 0.15) is 10.7 Å². The van der Waals surface area contributed by atoms with Crippen molar-refractivity contribution in [2.24, 2.45) is 5.92 Å². The number of hydrogen-bond acceptors (Lipinski definition) is 4. The fraction of sp³-hybridized carbons (Fsp3) is 0.200. The van der Waals surface area contributed by atoms with Crippen LogP contribution in [0.4, 0.5) is 0 Å². The number of aliphatic carboxylic acids is 1. The summed E-state index contributed by atoms with van der Waals surface area (Å²) < 4.78 is 0. The number of rotatable bonds is 8. The van der Waals surface area contributed by atoms with Gasteiger partial charge in [0.15, 0.2) is 0 Å². The van der Waals surface area contributed by atoms with Crippen molar-refractivity contribution in [3.05, 3.63) is 103 Å². The third kappa shape index (κ3) is 6.90. The number of nitrogens with one attached hydrogen (secondary N) is 3. The molecule has 1 atom stereocenters. The van der Waals surface area contributed by atoms with Gasteiger partial charge < -0.3 is 20.4 Å². The molecule has 4 N–H and O–H groups in total. The number of amides is 1. The van der Waals surface area contributed by atoms with E-state index in [-0.39, 0.29) is 35.4 Å². The van der Waals surface area contributed by atoms with Crippen LogP contribution in [0.3, 0.4) is 0 Å². The van der Waals surface area contributed by atoms with Crippen LogP contribution in [0, 0.1) is 5.92 Å². The van der Waals surface area contributed by atoms with Crippen molar-refractivity contribution in [3.63, 3.8) is 0 Å². The van der Waals surface area contributed by atoms with Gasteiger partial charge in [0, 0.05) is 18.9 Å². The lowest BCUT2D eigenvalue weighted by atomic mass is 10.0. The molecular formula is C25H25N3O5. The van der Waals surface area contributed by atoms with E-state index in [9.17, 15) is 19.2 Å². The first-order valence-electron chi connectivity index (χ1n) is 10.5. The molecule has 2 aromatic carbocycles. The predicted molar refractivity (Wildman–Crippen MR) is 125 cm³/mol. The zero-order chi connectivity index (χ0) is 23.8. The van der Waals surface area contributed by atoms with E-state index >= 15 is 0 Å². The Morgan fingerprint density at radius 1 is 0.909 bits per heavy atom. The van der Waals surface area contributed by atoms with Gasteiger partial charge in [0.25, 0.3) is 11.1 Å². The number of hydrogen-bond donors (Lipinski definition) is 4. The van der Waals surface area contributed by atoms with Gasteiger partial charge in [-0.25, -0.2) is 0 Å². The van der Waals surface area contributed by atoms with Gasteiger partial charge in [0.2, 0.25) is 5.91 Å². The van der Waals surface area contributed by atoms with Crippen LogP contribution in [0.15, 0.2) is 64.2 Å². The van der Waals surface area contributed by atoms with Crippen LogP contribution < -0.4 is 27.1 Å². The minimum absolute atomic E-state index is 0.0500. The number of carbonyl (C=O) groups excluding carboxylic acids is 1. The monoisotopic (exact) mass is 447 g/mol. The Balaban J connectivity index is 1.71. The normalized spacial score (nSPS) is 13.0. The quantitative estimate of drug-likeness (QED) is 0.406. The molecule has 0 radical (unpaired) electrons. The first kappa shape index (κ1) is 23.5. The molecule has 1 unspecified atom stereocenters. The second kappa shape index (κ2) is 10.9. The average molecular weight is 447 g/mol. The Bertz CT molecular complexity index is 1360. The lowest BCUT2D eigenvalue weighted by molar-refractivity contribution is -0.137. The summed E-state index contributed by atoms with van der Waals surface area (Å²) in [6.07, 6.45) is 3.41. The average Bonchev–Trinajstić information content (AvgIpc) is 2.80. The van der Waals surface area contributed by atoms with E-state index in [1.807, 2.05) is 30.3 Å². The summed E-state index contributed by atoms with van der Waals surface area (Å²) in [6.45, 7) is 2.00. The van der Waals surface area contributed by atoms with Crippen LogP contribution in [0.25, 0.3) is 12.2 Å². The van der Waals surface area contributed by atoms with E-state index in [0.717, 1.165) is 11.1 Å². The molecule has 8 nitrogen and oxygen atoms in total. The number of carboxylic acids is 1. The van der Waals surface area contributed by atoms with Crippen molar-refractivity contribution in [1.29, 1.82) is 0 Å². The van der Waals surface area contributed by atoms with E-state index < -0.39 is 17.1 Å². The number of aromatic nitrogens is 2. The zero-order valence-corrected chi connectivity index (χ0v) is 18.1. The van der Waals surface area contributed by atoms with Gasteiger partial charge in [-0.1, -0.05) is 61.5 Å². The molecular weight excluding hydrogens is 422 g/mol. The molecule has 0 bridgehead atoms. The first-order chi connectivity index (χ1) is 15.8. The highest BCUT2D eigenvalue weighted by molar-refractivity contribution is 5.79. The Morgan fingerprint density at radius 2 is 1.45 bits per heavy atom. The number of H-pyrrole nitrogens is 2. The lowest BCUT2D eigenvalue weighted by Crippen LogP contribution is -2.46. The predicted octanol–water partition coefficient (Wildman–Crippen LogP) is 0.838. The molecule has 3 aromatic rings. The highest BCUT2D eigenvalue weighted by Crippen LogP contribution is 2.08. The number of carbonyl (C=O) groups is 2. The van der Waals surface area contributed by atoms with Crippen LogP contribution in [0.2, 0.25) is 0 Å². The van der Waals surface area contributed by atoms with Gasteiger partial charge in [-0.05, 0) is 35.3 Å². The molecule has 0 aliphatic rings. The molecule has 0 saturated carbocycles. The highest BCUT2D eigenvalue weighted by atomic mass is 16.4. The van der Waals surface area contributed by atoms with Crippen molar-refractivity contribution in [1.82, 2.24) is 15.3 Å². The maximum absolute atomic E-state index is 12.4. The summed E-state index contributed by atoms with van der Waals surface area (Å²) in [7, 11) is 0. The maximum Gasteiger partial charge on any atom is 0.303 e. The molecule has 170 valence electrons. The van der Waals surface area contributed by atoms with Crippen LogP contribution >= 0.6 is 0 Å². The van der Waals surface area contributed by atoms with E-state index in [1.54, 1.807) is 43.3 Å². The van der Waals surface area contributed by atoms with E-state index in [1.165, 1.54) is 0 Å². The number of benzene rings is 2. The molecule has 0 aliphatic heterocycles. The second-order valence-corrected chi connectivity index (χ2v) is 7.73. The van der Waals surface area contributed by atoms with Crippen molar-refractivity contribution in [2.75, 3.05) is 0 Å². The lowest BCUT2D eigenvalue weighted by Gasteiger charge is -2.11. The largest absolute Gasteiger partial charge is 0.481 e. The Kier molecular flexibility index (Phi) is 7.75. The number of carboxylic acid groups (broad SMARTS) is 1. The molecule has 0 fully saturated rings. The maximum atomic E-state index is 12.4. The van der Waals surface area contributed by atoms with E-state index in [4.69, 9.17) is 5.11 Å². The molecule has 8 heteroatoms. The molecule has 0 saturated heterocycles. The second-order valence-electron chi connectivity index (χ2n) is 7.73. The summed E-state index contributed by atoms with van der Waals surface area (Å²) in [5.74, 6) is -1.52. The SMILES string of the molecule is CC(CCC(=O)O)C(=O)NCc1ccc(C=c2[nH]c(=O)c(=Cc3ccccc3)[nH]c2=O)cc1. The minimum Gasteiger partial charge on any atom is -0.481 e. The Hall–Kier alpha value is -4.20. The third-order valence-corrected chi connectivity index (χ3v) is 5.09. The van der Waals surface area contributed by atoms with Crippen molar-refractivity contribution in [2.45, 2.75) is 26.3 Å². The van der Waals surface area contributed by atoms with Crippen LogP contribution in [-0.4, -0.2) is 27.0 Å². The highest BCUT2D eigenvalue weighted by Gasteiger charge is 2.13. The van der Waals surface area contributed by atoms with Gasteiger partial charge in [0.05, 0.1) is 0 Å². The summed E-state index contributed by atoms with van der Waals surface area (Å²) in [5.41, 5.74) is 1.54. The first-order valence-corrected chi connectivity index (χ1v) is 10.5. The Labute approximate surface area is 189 Å². The summed E-state index contributed by atoms with van der Waals surface area (Å²) in [6, 6.07) is 16.4. The van der Waals surface area contributed by atoms with Crippen molar-refractivity contribution >= 4 is 24.0 Å². The summed E-state index contributed by atoms with van der Waals surface area (Å²) >= 11 is 0.